The fraction of sp³-hybridized carbons (Fsp3) is 0.300. The van der Waals surface area contributed by atoms with E-state index < -0.39 is 0 Å². The third-order valence-corrected chi connectivity index (χ3v) is 5.07. The van der Waals surface area contributed by atoms with Gasteiger partial charge in [-0.3, -0.25) is 14.3 Å². The topological polar surface area (TPSA) is 61.3 Å². The molecule has 1 aliphatic rings. The molecule has 0 amide bonds. The Morgan fingerprint density at radius 3 is 2.42 bits per heavy atom. The van der Waals surface area contributed by atoms with Crippen LogP contribution in [0.25, 0.3) is 10.9 Å². The Balaban J connectivity index is 1.51. The molecule has 0 atom stereocenters. The van der Waals surface area contributed by atoms with E-state index in [1.165, 1.54) is 12.6 Å². The first kappa shape index (κ1) is 16.6. The predicted octanol–water partition coefficient (Wildman–Crippen LogP) is 1.55. The van der Waals surface area contributed by atoms with Gasteiger partial charge in [-0.25, -0.2) is 4.79 Å². The second-order valence-electron chi connectivity index (χ2n) is 6.77. The van der Waals surface area contributed by atoms with E-state index in [1.54, 1.807) is 0 Å². The van der Waals surface area contributed by atoms with Crippen LogP contribution in [0.3, 0.4) is 0 Å². The van der Waals surface area contributed by atoms with Crippen LogP contribution >= 0.6 is 0 Å². The Bertz CT molecular complexity index is 1030. The lowest BCUT2D eigenvalue weighted by Crippen LogP contribution is -2.46. The zero-order valence-electron chi connectivity index (χ0n) is 14.8. The zero-order chi connectivity index (χ0) is 18.1. The zero-order valence-corrected chi connectivity index (χ0v) is 14.8. The molecular formula is C20H22N4O2. The van der Waals surface area contributed by atoms with E-state index >= 15 is 0 Å². The Morgan fingerprint density at radius 1 is 0.962 bits per heavy atom. The van der Waals surface area contributed by atoms with Gasteiger partial charge in [0.2, 0.25) is 0 Å². The largest absolute Gasteiger partial charge is 0.369 e. The monoisotopic (exact) mass is 350 g/mol. The van der Waals surface area contributed by atoms with Crippen molar-refractivity contribution in [2.24, 2.45) is 7.05 Å². The van der Waals surface area contributed by atoms with Gasteiger partial charge >= 0.3 is 5.69 Å². The van der Waals surface area contributed by atoms with E-state index in [4.69, 9.17) is 0 Å². The fourth-order valence-corrected chi connectivity index (χ4v) is 3.49. The molecule has 6 heteroatoms. The van der Waals surface area contributed by atoms with E-state index in [2.05, 4.69) is 39.0 Å². The maximum Gasteiger partial charge on any atom is 0.328 e. The van der Waals surface area contributed by atoms with Crippen molar-refractivity contribution in [1.82, 2.24) is 14.5 Å². The average molecular weight is 350 g/mol. The van der Waals surface area contributed by atoms with E-state index in [9.17, 15) is 9.59 Å². The van der Waals surface area contributed by atoms with Crippen molar-refractivity contribution >= 4 is 16.6 Å². The standard InChI is InChI=1S/C20H22N4O2/c1-22-19(25)17-13-16(7-8-18(17)21-20(22)26)24-11-9-23(10-12-24)14-15-5-3-2-4-6-15/h2-8,13H,9-12,14H2,1H3,(H,21,26). The lowest BCUT2D eigenvalue weighted by Gasteiger charge is -2.36. The van der Waals surface area contributed by atoms with Crippen molar-refractivity contribution in [3.63, 3.8) is 0 Å². The first-order valence-corrected chi connectivity index (χ1v) is 8.86. The lowest BCUT2D eigenvalue weighted by atomic mass is 10.1. The van der Waals surface area contributed by atoms with Crippen LogP contribution in [0, 0.1) is 0 Å². The van der Waals surface area contributed by atoms with Crippen LogP contribution < -0.4 is 16.1 Å². The highest BCUT2D eigenvalue weighted by atomic mass is 16.2. The number of fused-ring (bicyclic) bond motifs is 1. The number of benzene rings is 2. The van der Waals surface area contributed by atoms with Crippen LogP contribution in [0.5, 0.6) is 0 Å². The predicted molar refractivity (Wildman–Crippen MR) is 104 cm³/mol. The van der Waals surface area contributed by atoms with Crippen LogP contribution in [-0.2, 0) is 13.6 Å². The van der Waals surface area contributed by atoms with Crippen LogP contribution in [0.1, 0.15) is 5.56 Å². The number of hydrogen-bond donors (Lipinski definition) is 1. The molecule has 6 nitrogen and oxygen atoms in total. The van der Waals surface area contributed by atoms with Crippen LogP contribution in [0.2, 0.25) is 0 Å². The smallest absolute Gasteiger partial charge is 0.328 e. The van der Waals surface area contributed by atoms with Crippen LogP contribution in [0.4, 0.5) is 5.69 Å². The van der Waals surface area contributed by atoms with Crippen molar-refractivity contribution in [3.8, 4) is 0 Å². The van der Waals surface area contributed by atoms with E-state index in [1.807, 2.05) is 24.3 Å². The number of nitrogens with one attached hydrogen (secondary N) is 1. The molecule has 2 aromatic carbocycles. The number of anilines is 1. The van der Waals surface area contributed by atoms with E-state index in [0.717, 1.165) is 43.0 Å². The Hall–Kier alpha value is -2.86. The number of aromatic amines is 1. The molecule has 134 valence electrons. The molecule has 1 N–H and O–H groups in total. The summed E-state index contributed by atoms with van der Waals surface area (Å²) in [6.07, 6.45) is 0. The quantitative estimate of drug-likeness (QED) is 0.779. The summed E-state index contributed by atoms with van der Waals surface area (Å²) in [5.41, 5.74) is 2.31. The minimum Gasteiger partial charge on any atom is -0.369 e. The molecule has 0 aliphatic carbocycles. The van der Waals surface area contributed by atoms with Gasteiger partial charge in [0.1, 0.15) is 0 Å². The van der Waals surface area contributed by atoms with Crippen molar-refractivity contribution in [3.05, 3.63) is 74.9 Å². The summed E-state index contributed by atoms with van der Waals surface area (Å²) < 4.78 is 1.11. The second kappa shape index (κ2) is 6.80. The van der Waals surface area contributed by atoms with Gasteiger partial charge in [-0.2, -0.15) is 0 Å². The summed E-state index contributed by atoms with van der Waals surface area (Å²) in [7, 11) is 1.50. The molecule has 2 heterocycles. The first-order chi connectivity index (χ1) is 12.6. The molecule has 4 rings (SSSR count). The van der Waals surface area contributed by atoms with Crippen molar-refractivity contribution in [1.29, 1.82) is 0 Å². The summed E-state index contributed by atoms with van der Waals surface area (Å²) in [6, 6.07) is 16.2. The lowest BCUT2D eigenvalue weighted by molar-refractivity contribution is 0.250. The Labute approximate surface area is 151 Å². The third kappa shape index (κ3) is 3.15. The van der Waals surface area contributed by atoms with Gasteiger partial charge in [-0.1, -0.05) is 30.3 Å². The van der Waals surface area contributed by atoms with Gasteiger partial charge in [0.25, 0.3) is 5.56 Å². The maximum absolute atomic E-state index is 12.4. The van der Waals surface area contributed by atoms with E-state index in [0.29, 0.717) is 10.9 Å². The summed E-state index contributed by atoms with van der Waals surface area (Å²) in [5.74, 6) is 0. The second-order valence-corrected chi connectivity index (χ2v) is 6.77. The molecule has 1 aromatic heterocycles. The highest BCUT2D eigenvalue weighted by Crippen LogP contribution is 2.20. The van der Waals surface area contributed by atoms with Gasteiger partial charge < -0.3 is 9.88 Å². The molecule has 0 bridgehead atoms. The minimum absolute atomic E-state index is 0.256. The summed E-state index contributed by atoms with van der Waals surface area (Å²) in [5, 5.41) is 0.552. The van der Waals surface area contributed by atoms with Gasteiger partial charge in [0, 0.05) is 45.5 Å². The number of nitrogens with zero attached hydrogens (tertiary/aromatic N) is 3. The minimum atomic E-state index is -0.384. The normalized spacial score (nSPS) is 15.5. The molecule has 1 saturated heterocycles. The molecule has 0 unspecified atom stereocenters. The van der Waals surface area contributed by atoms with Crippen LogP contribution in [0.15, 0.2) is 58.1 Å². The summed E-state index contributed by atoms with van der Waals surface area (Å²) >= 11 is 0. The molecule has 3 aromatic rings. The molecule has 1 fully saturated rings. The third-order valence-electron chi connectivity index (χ3n) is 5.07. The Kier molecular flexibility index (Phi) is 4.34. The van der Waals surface area contributed by atoms with Crippen LogP contribution in [-0.4, -0.2) is 40.6 Å². The maximum atomic E-state index is 12.4. The molecule has 26 heavy (non-hydrogen) atoms. The van der Waals surface area contributed by atoms with Gasteiger partial charge in [-0.05, 0) is 23.8 Å². The van der Waals surface area contributed by atoms with Gasteiger partial charge in [0.05, 0.1) is 10.9 Å². The summed E-state index contributed by atoms with van der Waals surface area (Å²) in [6.45, 7) is 4.77. The molecule has 0 saturated carbocycles. The fourth-order valence-electron chi connectivity index (χ4n) is 3.49. The Morgan fingerprint density at radius 2 is 1.69 bits per heavy atom. The highest BCUT2D eigenvalue weighted by molar-refractivity contribution is 5.81. The van der Waals surface area contributed by atoms with Gasteiger partial charge in [0.15, 0.2) is 0 Å². The summed E-state index contributed by atoms with van der Waals surface area (Å²) in [4.78, 5) is 31.6. The van der Waals surface area contributed by atoms with Crippen molar-refractivity contribution in [2.45, 2.75) is 6.54 Å². The van der Waals surface area contributed by atoms with Crippen molar-refractivity contribution < 1.29 is 0 Å². The van der Waals surface area contributed by atoms with Crippen molar-refractivity contribution in [2.75, 3.05) is 31.1 Å². The number of H-pyrrole nitrogens is 1. The number of hydrogen-bond acceptors (Lipinski definition) is 4. The SMILES string of the molecule is Cn1c(=O)[nH]c2ccc(N3CCN(Cc4ccccc4)CC3)cc2c1=O. The number of aromatic nitrogens is 2. The molecular weight excluding hydrogens is 328 g/mol. The van der Waals surface area contributed by atoms with Gasteiger partial charge in [-0.15, -0.1) is 0 Å². The first-order valence-electron chi connectivity index (χ1n) is 8.86. The molecule has 0 spiro atoms. The molecule has 0 radical (unpaired) electrons. The number of rotatable bonds is 3. The van der Waals surface area contributed by atoms with E-state index in [-0.39, 0.29) is 11.2 Å². The highest BCUT2D eigenvalue weighted by Gasteiger charge is 2.18. The average Bonchev–Trinajstić information content (AvgIpc) is 2.68. The molecule has 1 aliphatic heterocycles. The number of piperazine rings is 1.